The first-order chi connectivity index (χ1) is 13.1. The fraction of sp³-hybridized carbons (Fsp3) is 0.105. The van der Waals surface area contributed by atoms with Crippen LogP contribution in [0.25, 0.3) is 39.1 Å². The van der Waals surface area contributed by atoms with E-state index >= 15 is 0 Å². The van der Waals surface area contributed by atoms with Gasteiger partial charge in [0, 0.05) is 0 Å². The maximum Gasteiger partial charge on any atom is 0.323 e. The van der Waals surface area contributed by atoms with Crippen molar-refractivity contribution in [1.82, 2.24) is 29.7 Å². The summed E-state index contributed by atoms with van der Waals surface area (Å²) < 4.78 is 7.07. The molecule has 3 heterocycles. The number of imidazole rings is 2. The molecule has 5 rings (SSSR count). The lowest BCUT2D eigenvalue weighted by molar-refractivity contribution is 0.414. The lowest BCUT2D eigenvalue weighted by Gasteiger charge is -2.06. The highest BCUT2D eigenvalue weighted by Crippen LogP contribution is 2.27. The summed E-state index contributed by atoms with van der Waals surface area (Å²) in [5.41, 5.74) is 5.71. The molecule has 0 radical (unpaired) electrons. The van der Waals surface area contributed by atoms with E-state index in [0.29, 0.717) is 0 Å². The van der Waals surface area contributed by atoms with Gasteiger partial charge in [0.2, 0.25) is 0 Å². The van der Waals surface area contributed by atoms with Crippen LogP contribution in [-0.2, 0) is 0 Å². The second-order valence-electron chi connectivity index (χ2n) is 6.33. The van der Waals surface area contributed by atoms with Gasteiger partial charge in [-0.2, -0.15) is 5.10 Å². The van der Waals surface area contributed by atoms with Gasteiger partial charge in [-0.25, -0.2) is 14.5 Å². The summed E-state index contributed by atoms with van der Waals surface area (Å²) >= 11 is 0. The summed E-state index contributed by atoms with van der Waals surface area (Å²) in [7, 11) is 1.64. The highest BCUT2D eigenvalue weighted by Gasteiger charge is 2.14. The largest absolute Gasteiger partial charge is 0.497 e. The zero-order valence-electron chi connectivity index (χ0n) is 14.7. The quantitative estimate of drug-likeness (QED) is 0.460. The van der Waals surface area contributed by atoms with Crippen molar-refractivity contribution in [2.45, 2.75) is 6.92 Å². The molecule has 134 valence electrons. The van der Waals surface area contributed by atoms with E-state index in [9.17, 15) is 4.79 Å². The fourth-order valence-corrected chi connectivity index (χ4v) is 3.29. The summed E-state index contributed by atoms with van der Waals surface area (Å²) in [4.78, 5) is 24.9. The lowest BCUT2D eigenvalue weighted by Crippen LogP contribution is -1.99. The Morgan fingerprint density at radius 2 is 1.74 bits per heavy atom. The van der Waals surface area contributed by atoms with E-state index < -0.39 is 0 Å². The Hall–Kier alpha value is -3.81. The maximum absolute atomic E-state index is 11.4. The van der Waals surface area contributed by atoms with E-state index in [1.54, 1.807) is 13.3 Å². The number of nitrogens with one attached hydrogen (secondary N) is 3. The van der Waals surface area contributed by atoms with Crippen LogP contribution in [0.1, 0.15) is 5.69 Å². The van der Waals surface area contributed by atoms with Crippen LogP contribution in [0.15, 0.2) is 47.4 Å². The third-order valence-corrected chi connectivity index (χ3v) is 4.70. The van der Waals surface area contributed by atoms with Crippen molar-refractivity contribution in [1.29, 1.82) is 0 Å². The second-order valence-corrected chi connectivity index (χ2v) is 6.33. The standard InChI is InChI=1S/C19H16N6O2/c1-10-13(9-20-25(10)11-3-5-12(27-2)6-4-11)18-21-14-7-16-17(8-15(14)22-18)24-19(26)23-16/h3-9H,1-2H3,(H,21,22)(H2,23,24,26). The first-order valence-corrected chi connectivity index (χ1v) is 8.43. The SMILES string of the molecule is COc1ccc(-n2ncc(-c3nc4cc5[nH]c(=O)[nH]c5cc4[nH]3)c2C)cc1. The van der Waals surface area contributed by atoms with Crippen molar-refractivity contribution in [3.8, 4) is 22.8 Å². The molecule has 0 amide bonds. The number of aromatic nitrogens is 6. The van der Waals surface area contributed by atoms with Gasteiger partial charge in [0.25, 0.3) is 0 Å². The molecule has 0 aliphatic heterocycles. The monoisotopic (exact) mass is 360 g/mol. The highest BCUT2D eigenvalue weighted by molar-refractivity contribution is 5.92. The molecule has 0 saturated heterocycles. The van der Waals surface area contributed by atoms with Gasteiger partial charge < -0.3 is 19.7 Å². The van der Waals surface area contributed by atoms with Crippen LogP contribution in [-0.4, -0.2) is 36.8 Å². The van der Waals surface area contributed by atoms with Crippen LogP contribution in [0.2, 0.25) is 0 Å². The maximum atomic E-state index is 11.4. The van der Waals surface area contributed by atoms with Crippen LogP contribution in [0, 0.1) is 6.92 Å². The molecular weight excluding hydrogens is 344 g/mol. The molecule has 0 atom stereocenters. The summed E-state index contributed by atoms with van der Waals surface area (Å²) in [6, 6.07) is 11.5. The number of hydrogen-bond donors (Lipinski definition) is 3. The summed E-state index contributed by atoms with van der Waals surface area (Å²) in [6.45, 7) is 2.00. The van der Waals surface area contributed by atoms with Crippen molar-refractivity contribution < 1.29 is 4.74 Å². The zero-order chi connectivity index (χ0) is 18.5. The third kappa shape index (κ3) is 2.42. The van der Waals surface area contributed by atoms with Crippen LogP contribution in [0.4, 0.5) is 0 Å². The van der Waals surface area contributed by atoms with Crippen LogP contribution in [0.5, 0.6) is 5.75 Å². The minimum Gasteiger partial charge on any atom is -0.497 e. The molecule has 0 aliphatic carbocycles. The van der Waals surface area contributed by atoms with E-state index in [2.05, 4.69) is 25.0 Å². The molecular formula is C19H16N6O2. The zero-order valence-corrected chi connectivity index (χ0v) is 14.7. The summed E-state index contributed by atoms with van der Waals surface area (Å²) in [5, 5.41) is 4.51. The molecule has 0 saturated carbocycles. The molecule has 5 aromatic rings. The Morgan fingerprint density at radius 3 is 2.48 bits per heavy atom. The van der Waals surface area contributed by atoms with Gasteiger partial charge >= 0.3 is 5.69 Å². The van der Waals surface area contributed by atoms with E-state index in [1.165, 1.54) is 0 Å². The van der Waals surface area contributed by atoms with Gasteiger partial charge in [0.15, 0.2) is 0 Å². The Kier molecular flexibility index (Phi) is 3.20. The molecule has 0 bridgehead atoms. The van der Waals surface area contributed by atoms with Gasteiger partial charge in [-0.1, -0.05) is 0 Å². The fourth-order valence-electron chi connectivity index (χ4n) is 3.29. The predicted octanol–water partition coefficient (Wildman–Crippen LogP) is 2.90. The molecule has 27 heavy (non-hydrogen) atoms. The molecule has 0 aliphatic rings. The third-order valence-electron chi connectivity index (χ3n) is 4.70. The molecule has 8 heteroatoms. The topological polar surface area (TPSA) is 104 Å². The molecule has 3 N–H and O–H groups in total. The Morgan fingerprint density at radius 1 is 1.00 bits per heavy atom. The molecule has 8 nitrogen and oxygen atoms in total. The van der Waals surface area contributed by atoms with E-state index in [-0.39, 0.29) is 5.69 Å². The molecule has 0 fully saturated rings. The van der Waals surface area contributed by atoms with Crippen molar-refractivity contribution in [2.75, 3.05) is 7.11 Å². The van der Waals surface area contributed by atoms with Crippen LogP contribution in [0.3, 0.4) is 0 Å². The van der Waals surface area contributed by atoms with Gasteiger partial charge in [0.05, 0.1) is 52.3 Å². The average molecular weight is 360 g/mol. The van der Waals surface area contributed by atoms with Gasteiger partial charge in [-0.3, -0.25) is 0 Å². The summed E-state index contributed by atoms with van der Waals surface area (Å²) in [6.07, 6.45) is 1.80. The minimum atomic E-state index is -0.227. The Balaban J connectivity index is 1.59. The molecule has 3 aromatic heterocycles. The van der Waals surface area contributed by atoms with Crippen molar-refractivity contribution >= 4 is 22.1 Å². The smallest absolute Gasteiger partial charge is 0.323 e. The molecule has 0 spiro atoms. The van der Waals surface area contributed by atoms with Gasteiger partial charge in [-0.05, 0) is 43.3 Å². The minimum absolute atomic E-state index is 0.227. The van der Waals surface area contributed by atoms with E-state index in [0.717, 1.165) is 50.6 Å². The molecule has 2 aromatic carbocycles. The van der Waals surface area contributed by atoms with E-state index in [1.807, 2.05) is 48.0 Å². The number of rotatable bonds is 3. The number of methoxy groups -OCH3 is 1. The van der Waals surface area contributed by atoms with Crippen molar-refractivity contribution in [3.63, 3.8) is 0 Å². The predicted molar refractivity (Wildman–Crippen MR) is 102 cm³/mol. The lowest BCUT2D eigenvalue weighted by atomic mass is 10.2. The summed E-state index contributed by atoms with van der Waals surface area (Å²) in [5.74, 6) is 1.53. The number of benzene rings is 2. The average Bonchev–Trinajstić information content (AvgIpc) is 3.34. The van der Waals surface area contributed by atoms with Crippen molar-refractivity contribution in [2.24, 2.45) is 0 Å². The van der Waals surface area contributed by atoms with Gasteiger partial charge in [-0.15, -0.1) is 0 Å². The number of fused-ring (bicyclic) bond motifs is 2. The Bertz CT molecular complexity index is 1280. The number of aromatic amines is 3. The highest BCUT2D eigenvalue weighted by atomic mass is 16.5. The van der Waals surface area contributed by atoms with Crippen molar-refractivity contribution in [3.05, 3.63) is 58.8 Å². The first-order valence-electron chi connectivity index (χ1n) is 8.43. The number of nitrogens with zero attached hydrogens (tertiary/aromatic N) is 3. The number of ether oxygens (including phenoxy) is 1. The molecule has 0 unspecified atom stereocenters. The number of H-pyrrole nitrogens is 3. The van der Waals surface area contributed by atoms with Crippen LogP contribution < -0.4 is 10.4 Å². The van der Waals surface area contributed by atoms with Crippen LogP contribution >= 0.6 is 0 Å². The number of hydrogen-bond acceptors (Lipinski definition) is 4. The normalized spacial score (nSPS) is 11.5. The Labute approximate surface area is 152 Å². The second kappa shape index (κ2) is 5.60. The van der Waals surface area contributed by atoms with E-state index in [4.69, 9.17) is 4.74 Å². The van der Waals surface area contributed by atoms with Gasteiger partial charge in [0.1, 0.15) is 11.6 Å². The first kappa shape index (κ1) is 15.4.